The first-order valence-electron chi connectivity index (χ1n) is 5.82. The Balaban J connectivity index is 1.73. The van der Waals surface area contributed by atoms with Crippen LogP contribution in [0.4, 0.5) is 0 Å². The van der Waals surface area contributed by atoms with E-state index in [-0.39, 0.29) is 6.10 Å². The van der Waals surface area contributed by atoms with Gasteiger partial charge in [0, 0.05) is 5.02 Å². The monoisotopic (exact) mass is 238 g/mol. The molecular formula is C13H15ClO2. The summed E-state index contributed by atoms with van der Waals surface area (Å²) < 4.78 is 11.6. The number of benzene rings is 1. The van der Waals surface area contributed by atoms with Gasteiger partial charge in [-0.15, -0.1) is 0 Å². The van der Waals surface area contributed by atoms with Crippen LogP contribution in [-0.2, 0) is 4.74 Å². The second-order valence-electron chi connectivity index (χ2n) is 4.64. The van der Waals surface area contributed by atoms with Gasteiger partial charge in [0.05, 0.1) is 6.10 Å². The lowest BCUT2D eigenvalue weighted by atomic mass is 9.98. The van der Waals surface area contributed by atoms with Crippen molar-refractivity contribution >= 4 is 11.6 Å². The molecule has 0 bridgehead atoms. The summed E-state index contributed by atoms with van der Waals surface area (Å²) >= 11 is 5.92. The Labute approximate surface area is 101 Å². The van der Waals surface area contributed by atoms with E-state index < -0.39 is 0 Å². The summed E-state index contributed by atoms with van der Waals surface area (Å²) in [4.78, 5) is 0. The van der Waals surface area contributed by atoms with E-state index in [4.69, 9.17) is 21.1 Å². The van der Waals surface area contributed by atoms with Gasteiger partial charge in [-0.05, 0) is 49.9 Å². The van der Waals surface area contributed by atoms with Gasteiger partial charge in [0.2, 0.25) is 0 Å². The van der Waals surface area contributed by atoms with Crippen molar-refractivity contribution in [3.63, 3.8) is 0 Å². The smallest absolute Gasteiger partial charge is 0.127 e. The minimum atomic E-state index is 0.235. The zero-order chi connectivity index (χ0) is 11.1. The number of epoxide rings is 1. The fourth-order valence-corrected chi connectivity index (χ4v) is 2.66. The van der Waals surface area contributed by atoms with Crippen molar-refractivity contribution in [2.75, 3.05) is 0 Å². The largest absolute Gasteiger partial charge is 0.487 e. The fraction of sp³-hybridized carbons (Fsp3) is 0.538. The minimum absolute atomic E-state index is 0.235. The Kier molecular flexibility index (Phi) is 2.56. The van der Waals surface area contributed by atoms with Gasteiger partial charge in [-0.3, -0.25) is 0 Å². The maximum atomic E-state index is 6.01. The summed E-state index contributed by atoms with van der Waals surface area (Å²) in [6.45, 7) is 2.02. The van der Waals surface area contributed by atoms with Gasteiger partial charge in [-0.1, -0.05) is 11.6 Å². The minimum Gasteiger partial charge on any atom is -0.487 e. The van der Waals surface area contributed by atoms with Gasteiger partial charge in [-0.2, -0.15) is 0 Å². The van der Waals surface area contributed by atoms with E-state index in [0.717, 1.165) is 22.8 Å². The van der Waals surface area contributed by atoms with Crippen molar-refractivity contribution in [2.24, 2.45) is 0 Å². The van der Waals surface area contributed by atoms with Gasteiger partial charge in [0.25, 0.3) is 0 Å². The summed E-state index contributed by atoms with van der Waals surface area (Å²) in [6.07, 6.45) is 4.54. The zero-order valence-electron chi connectivity index (χ0n) is 9.28. The zero-order valence-corrected chi connectivity index (χ0v) is 10.0. The Bertz CT molecular complexity index is 405. The summed E-state index contributed by atoms with van der Waals surface area (Å²) in [6, 6.07) is 5.76. The summed E-state index contributed by atoms with van der Waals surface area (Å²) in [5.74, 6) is 0.936. The maximum Gasteiger partial charge on any atom is 0.127 e. The first kappa shape index (κ1) is 10.4. The van der Waals surface area contributed by atoms with Crippen molar-refractivity contribution in [2.45, 2.75) is 44.5 Å². The standard InChI is InChI=1S/C13H15ClO2/c1-8-7-9(14)5-6-10(8)15-11-3-2-4-12-13(11)16-12/h5-7,11-13H,2-4H2,1H3. The molecule has 3 unspecified atom stereocenters. The molecule has 1 saturated carbocycles. The Hall–Kier alpha value is -0.730. The van der Waals surface area contributed by atoms with Crippen molar-refractivity contribution in [1.82, 2.24) is 0 Å². The second-order valence-corrected chi connectivity index (χ2v) is 5.07. The van der Waals surface area contributed by atoms with Crippen molar-refractivity contribution < 1.29 is 9.47 Å². The van der Waals surface area contributed by atoms with Crippen LogP contribution in [0.1, 0.15) is 24.8 Å². The molecule has 3 atom stereocenters. The number of fused-ring (bicyclic) bond motifs is 1. The molecule has 2 fully saturated rings. The lowest BCUT2D eigenvalue weighted by Gasteiger charge is -2.21. The van der Waals surface area contributed by atoms with Crippen LogP contribution in [0.25, 0.3) is 0 Å². The first-order valence-corrected chi connectivity index (χ1v) is 6.20. The molecule has 0 spiro atoms. The Morgan fingerprint density at radius 3 is 3.06 bits per heavy atom. The number of ether oxygens (including phenoxy) is 2. The number of rotatable bonds is 2. The Morgan fingerprint density at radius 1 is 1.38 bits per heavy atom. The number of hydrogen-bond acceptors (Lipinski definition) is 2. The SMILES string of the molecule is Cc1cc(Cl)ccc1OC1CCCC2OC12. The lowest BCUT2D eigenvalue weighted by Crippen LogP contribution is -2.28. The summed E-state index contributed by atoms with van der Waals surface area (Å²) in [5, 5.41) is 0.758. The average molecular weight is 239 g/mol. The molecule has 0 aromatic heterocycles. The third-order valence-corrected chi connectivity index (χ3v) is 3.62. The molecule has 0 N–H and O–H groups in total. The number of hydrogen-bond donors (Lipinski definition) is 0. The molecule has 2 aliphatic rings. The molecule has 86 valence electrons. The topological polar surface area (TPSA) is 21.8 Å². The molecule has 3 heteroatoms. The number of aryl methyl sites for hydroxylation is 1. The van der Waals surface area contributed by atoms with Gasteiger partial charge in [0.1, 0.15) is 18.0 Å². The molecule has 1 aliphatic heterocycles. The average Bonchev–Trinajstić information content (AvgIpc) is 3.02. The summed E-state index contributed by atoms with van der Waals surface area (Å²) in [7, 11) is 0. The first-order chi connectivity index (χ1) is 7.74. The maximum absolute atomic E-state index is 6.01. The van der Waals surface area contributed by atoms with Crippen molar-refractivity contribution in [1.29, 1.82) is 0 Å². The fourth-order valence-electron chi connectivity index (χ4n) is 2.43. The van der Waals surface area contributed by atoms with Crippen molar-refractivity contribution in [3.05, 3.63) is 28.8 Å². The highest BCUT2D eigenvalue weighted by atomic mass is 35.5. The van der Waals surface area contributed by atoms with Crippen LogP contribution in [0.5, 0.6) is 5.75 Å². The van der Waals surface area contributed by atoms with Crippen LogP contribution in [0.15, 0.2) is 18.2 Å². The molecule has 0 amide bonds. The van der Waals surface area contributed by atoms with Gasteiger partial charge >= 0.3 is 0 Å². The van der Waals surface area contributed by atoms with E-state index in [9.17, 15) is 0 Å². The predicted octanol–water partition coefficient (Wildman–Crippen LogP) is 3.35. The summed E-state index contributed by atoms with van der Waals surface area (Å²) in [5.41, 5.74) is 1.09. The van der Waals surface area contributed by atoms with Gasteiger partial charge < -0.3 is 9.47 Å². The normalized spacial score (nSPS) is 32.0. The van der Waals surface area contributed by atoms with Crippen LogP contribution < -0.4 is 4.74 Å². The lowest BCUT2D eigenvalue weighted by molar-refractivity contribution is 0.147. The van der Waals surface area contributed by atoms with E-state index in [1.54, 1.807) is 0 Å². The van der Waals surface area contributed by atoms with E-state index in [1.807, 2.05) is 25.1 Å². The van der Waals surface area contributed by atoms with E-state index >= 15 is 0 Å². The highest BCUT2D eigenvalue weighted by molar-refractivity contribution is 6.30. The van der Waals surface area contributed by atoms with Gasteiger partial charge in [0.15, 0.2) is 0 Å². The molecule has 1 saturated heterocycles. The predicted molar refractivity (Wildman–Crippen MR) is 63.1 cm³/mol. The molecule has 1 aromatic rings. The molecule has 16 heavy (non-hydrogen) atoms. The van der Waals surface area contributed by atoms with Crippen LogP contribution in [0.3, 0.4) is 0 Å². The second kappa shape index (κ2) is 3.94. The highest BCUT2D eigenvalue weighted by Gasteiger charge is 2.48. The number of halogens is 1. The molecule has 0 radical (unpaired) electrons. The quantitative estimate of drug-likeness (QED) is 0.737. The molecule has 3 rings (SSSR count). The molecule has 1 aromatic carbocycles. The molecule has 2 nitrogen and oxygen atoms in total. The van der Waals surface area contributed by atoms with Crippen LogP contribution in [-0.4, -0.2) is 18.3 Å². The van der Waals surface area contributed by atoms with Crippen LogP contribution in [0.2, 0.25) is 5.02 Å². The Morgan fingerprint density at radius 2 is 2.25 bits per heavy atom. The van der Waals surface area contributed by atoms with Crippen molar-refractivity contribution in [3.8, 4) is 5.75 Å². The van der Waals surface area contributed by atoms with Crippen LogP contribution >= 0.6 is 11.6 Å². The van der Waals surface area contributed by atoms with E-state index in [2.05, 4.69) is 0 Å². The van der Waals surface area contributed by atoms with Gasteiger partial charge in [-0.25, -0.2) is 0 Å². The highest BCUT2D eigenvalue weighted by Crippen LogP contribution is 2.39. The van der Waals surface area contributed by atoms with E-state index in [1.165, 1.54) is 12.8 Å². The molecular weight excluding hydrogens is 224 g/mol. The third-order valence-electron chi connectivity index (χ3n) is 3.38. The van der Waals surface area contributed by atoms with E-state index in [0.29, 0.717) is 12.2 Å². The van der Waals surface area contributed by atoms with Crippen LogP contribution in [0, 0.1) is 6.92 Å². The molecule has 1 aliphatic carbocycles. The third kappa shape index (κ3) is 1.92. The molecule has 1 heterocycles.